The molecule has 5 nitrogen and oxygen atoms in total. The highest BCUT2D eigenvalue weighted by Crippen LogP contribution is 2.19. The molecule has 0 unspecified atom stereocenters. The van der Waals surface area contributed by atoms with E-state index >= 15 is 0 Å². The molecular weight excluding hydrogens is 322 g/mol. The van der Waals surface area contributed by atoms with Gasteiger partial charge in [-0.05, 0) is 37.1 Å². The summed E-state index contributed by atoms with van der Waals surface area (Å²) < 4.78 is 0. The van der Waals surface area contributed by atoms with Gasteiger partial charge < -0.3 is 9.80 Å². The Balaban J connectivity index is 1.64. The number of amides is 2. The lowest BCUT2D eigenvalue weighted by Crippen LogP contribution is -2.50. The molecule has 1 saturated heterocycles. The summed E-state index contributed by atoms with van der Waals surface area (Å²) in [4.78, 5) is 35.0. The molecule has 0 aromatic carbocycles. The molecule has 0 atom stereocenters. The number of thiophene rings is 1. The Labute approximate surface area is 145 Å². The number of rotatable bonds is 3. The van der Waals surface area contributed by atoms with Gasteiger partial charge >= 0.3 is 0 Å². The van der Waals surface area contributed by atoms with Gasteiger partial charge in [0.25, 0.3) is 11.8 Å². The Morgan fingerprint density at radius 2 is 1.75 bits per heavy atom. The zero-order valence-electron chi connectivity index (χ0n) is 14.0. The predicted octanol–water partition coefficient (Wildman–Crippen LogP) is 2.61. The maximum Gasteiger partial charge on any atom is 0.272 e. The van der Waals surface area contributed by atoms with Gasteiger partial charge in [0.15, 0.2) is 0 Å². The first-order valence-electron chi connectivity index (χ1n) is 8.19. The van der Waals surface area contributed by atoms with Gasteiger partial charge in [-0.25, -0.2) is 0 Å². The number of piperazine rings is 1. The monoisotopic (exact) mass is 343 g/mol. The molecule has 126 valence electrons. The molecule has 2 amide bonds. The van der Waals surface area contributed by atoms with Crippen LogP contribution in [0.4, 0.5) is 0 Å². The van der Waals surface area contributed by atoms with Gasteiger partial charge in [0.2, 0.25) is 0 Å². The summed E-state index contributed by atoms with van der Waals surface area (Å²) in [6, 6.07) is 7.64. The Hall–Kier alpha value is -2.21. The van der Waals surface area contributed by atoms with Crippen molar-refractivity contribution >= 4 is 23.2 Å². The van der Waals surface area contributed by atoms with Crippen LogP contribution < -0.4 is 0 Å². The third kappa shape index (κ3) is 3.33. The van der Waals surface area contributed by atoms with Crippen molar-refractivity contribution in [3.8, 4) is 0 Å². The minimum absolute atomic E-state index is 0.0356. The number of hydrogen-bond donors (Lipinski definition) is 0. The fraction of sp³-hybridized carbons (Fsp3) is 0.389. The van der Waals surface area contributed by atoms with Gasteiger partial charge in [-0.1, -0.05) is 13.0 Å². The van der Waals surface area contributed by atoms with Gasteiger partial charge in [-0.15, -0.1) is 11.3 Å². The van der Waals surface area contributed by atoms with Crippen LogP contribution in [-0.4, -0.2) is 52.8 Å². The van der Waals surface area contributed by atoms with Crippen molar-refractivity contribution in [3.63, 3.8) is 0 Å². The van der Waals surface area contributed by atoms with Crippen molar-refractivity contribution in [2.75, 3.05) is 26.2 Å². The Morgan fingerprint density at radius 1 is 1.08 bits per heavy atom. The molecule has 0 aliphatic carbocycles. The van der Waals surface area contributed by atoms with E-state index in [1.165, 1.54) is 11.3 Å². The predicted molar refractivity (Wildman–Crippen MR) is 94.5 cm³/mol. The molecule has 6 heteroatoms. The summed E-state index contributed by atoms with van der Waals surface area (Å²) in [6.07, 6.45) is 2.44. The highest BCUT2D eigenvalue weighted by Gasteiger charge is 2.27. The van der Waals surface area contributed by atoms with Crippen molar-refractivity contribution in [3.05, 3.63) is 51.5 Å². The number of carbonyl (C=O) groups excluding carboxylic acids is 2. The second-order valence-corrected chi connectivity index (χ2v) is 7.15. The smallest absolute Gasteiger partial charge is 0.272 e. The summed E-state index contributed by atoms with van der Waals surface area (Å²) >= 11 is 1.52. The van der Waals surface area contributed by atoms with Crippen molar-refractivity contribution in [1.29, 1.82) is 0 Å². The molecular formula is C18H21N3O2S. The molecule has 0 spiro atoms. The van der Waals surface area contributed by atoms with Crippen molar-refractivity contribution in [2.24, 2.45) is 0 Å². The molecule has 24 heavy (non-hydrogen) atoms. The quantitative estimate of drug-likeness (QED) is 0.861. The third-order valence-corrected chi connectivity index (χ3v) is 5.27. The lowest BCUT2D eigenvalue weighted by atomic mass is 10.1. The van der Waals surface area contributed by atoms with E-state index < -0.39 is 0 Å². The van der Waals surface area contributed by atoms with E-state index in [1.807, 2.05) is 43.0 Å². The van der Waals surface area contributed by atoms with E-state index in [9.17, 15) is 9.59 Å². The first kappa shape index (κ1) is 16.6. The summed E-state index contributed by atoms with van der Waals surface area (Å²) in [6.45, 7) is 6.25. The largest absolute Gasteiger partial charge is 0.334 e. The molecule has 0 saturated carbocycles. The molecule has 0 N–H and O–H groups in total. The number of hydrogen-bond acceptors (Lipinski definition) is 4. The van der Waals surface area contributed by atoms with E-state index in [-0.39, 0.29) is 11.8 Å². The lowest BCUT2D eigenvalue weighted by molar-refractivity contribution is 0.0534. The van der Waals surface area contributed by atoms with Crippen molar-refractivity contribution in [1.82, 2.24) is 14.8 Å². The standard InChI is InChI=1S/C18H21N3O2S/c1-3-14-5-4-8-19-16(14)18(23)21-11-9-20(10-12-21)17(22)15-7-6-13(2)24-15/h4-8H,3,9-12H2,1-2H3. The summed E-state index contributed by atoms with van der Waals surface area (Å²) in [5.74, 6) is 0.0267. The summed E-state index contributed by atoms with van der Waals surface area (Å²) in [7, 11) is 0. The molecule has 3 heterocycles. The normalized spacial score (nSPS) is 14.8. The molecule has 2 aromatic rings. The molecule has 3 rings (SSSR count). The van der Waals surface area contributed by atoms with E-state index in [0.29, 0.717) is 31.9 Å². The maximum atomic E-state index is 12.7. The number of nitrogens with zero attached hydrogens (tertiary/aromatic N) is 3. The van der Waals surface area contributed by atoms with Crippen LogP contribution >= 0.6 is 11.3 Å². The SMILES string of the molecule is CCc1cccnc1C(=O)N1CCN(C(=O)c2ccc(C)s2)CC1. The van der Waals surface area contributed by atoms with Gasteiger partial charge in [0, 0.05) is 37.3 Å². The van der Waals surface area contributed by atoms with Crippen LogP contribution in [0, 0.1) is 6.92 Å². The Bertz CT molecular complexity index is 748. The molecule has 2 aromatic heterocycles. The van der Waals surface area contributed by atoms with Crippen LogP contribution in [0.1, 0.15) is 37.5 Å². The molecule has 1 aliphatic rings. The van der Waals surface area contributed by atoms with Gasteiger partial charge in [0.05, 0.1) is 4.88 Å². The molecule has 1 fully saturated rings. The fourth-order valence-electron chi connectivity index (χ4n) is 2.88. The third-order valence-electron chi connectivity index (χ3n) is 4.28. The first-order chi connectivity index (χ1) is 11.6. The van der Waals surface area contributed by atoms with Crippen LogP contribution in [0.25, 0.3) is 0 Å². The Morgan fingerprint density at radius 3 is 2.33 bits per heavy atom. The van der Waals surface area contributed by atoms with Gasteiger partial charge in [-0.2, -0.15) is 0 Å². The van der Waals surface area contributed by atoms with E-state index in [1.54, 1.807) is 11.1 Å². The van der Waals surface area contributed by atoms with Crippen molar-refractivity contribution in [2.45, 2.75) is 20.3 Å². The number of pyridine rings is 1. The zero-order chi connectivity index (χ0) is 17.1. The molecule has 1 aliphatic heterocycles. The zero-order valence-corrected chi connectivity index (χ0v) is 14.8. The average Bonchev–Trinajstić information content (AvgIpc) is 3.07. The summed E-state index contributed by atoms with van der Waals surface area (Å²) in [5.41, 5.74) is 1.50. The second-order valence-electron chi connectivity index (χ2n) is 5.86. The minimum atomic E-state index is -0.0356. The molecule has 0 radical (unpaired) electrons. The molecule has 0 bridgehead atoms. The van der Waals surface area contributed by atoms with Crippen molar-refractivity contribution < 1.29 is 9.59 Å². The van der Waals surface area contributed by atoms with Crippen LogP contribution in [0.3, 0.4) is 0 Å². The van der Waals surface area contributed by atoms with Gasteiger partial charge in [0.1, 0.15) is 5.69 Å². The minimum Gasteiger partial charge on any atom is -0.334 e. The highest BCUT2D eigenvalue weighted by atomic mass is 32.1. The van der Waals surface area contributed by atoms with E-state index in [4.69, 9.17) is 0 Å². The van der Waals surface area contributed by atoms with Crippen LogP contribution in [0.2, 0.25) is 0 Å². The first-order valence-corrected chi connectivity index (χ1v) is 9.00. The highest BCUT2D eigenvalue weighted by molar-refractivity contribution is 7.13. The van der Waals surface area contributed by atoms with E-state index in [0.717, 1.165) is 21.7 Å². The number of carbonyl (C=O) groups is 2. The number of aryl methyl sites for hydroxylation is 2. The average molecular weight is 343 g/mol. The van der Waals surface area contributed by atoms with E-state index in [2.05, 4.69) is 4.98 Å². The Kier molecular flexibility index (Phi) is 4.94. The fourth-order valence-corrected chi connectivity index (χ4v) is 3.72. The van der Waals surface area contributed by atoms with Crippen LogP contribution in [-0.2, 0) is 6.42 Å². The topological polar surface area (TPSA) is 53.5 Å². The van der Waals surface area contributed by atoms with Crippen LogP contribution in [0.15, 0.2) is 30.5 Å². The second kappa shape index (κ2) is 7.13. The maximum absolute atomic E-state index is 12.7. The lowest BCUT2D eigenvalue weighted by Gasteiger charge is -2.34. The van der Waals surface area contributed by atoms with Gasteiger partial charge in [-0.3, -0.25) is 14.6 Å². The number of aromatic nitrogens is 1. The summed E-state index contributed by atoms with van der Waals surface area (Å²) in [5, 5.41) is 0. The van der Waals surface area contributed by atoms with Crippen LogP contribution in [0.5, 0.6) is 0 Å².